The monoisotopic (exact) mass is 211 g/mol. The molecule has 0 aliphatic rings. The van der Waals surface area contributed by atoms with Crippen LogP contribution in [0.3, 0.4) is 0 Å². The van der Waals surface area contributed by atoms with E-state index in [0.717, 1.165) is 24.2 Å². The van der Waals surface area contributed by atoms with Gasteiger partial charge in [-0.2, -0.15) is 0 Å². The normalized spacial score (nSPS) is 12.8. The second-order valence-corrected chi connectivity index (χ2v) is 3.99. The summed E-state index contributed by atoms with van der Waals surface area (Å²) in [6.45, 7) is 5.55. The van der Waals surface area contributed by atoms with Gasteiger partial charge < -0.3 is 10.4 Å². The molecule has 0 fully saturated rings. The largest absolute Gasteiger partial charge is 0.396 e. The molecule has 0 saturated heterocycles. The lowest BCUT2D eigenvalue weighted by molar-refractivity contribution is 0.233. The van der Waals surface area contributed by atoms with E-state index in [0.29, 0.717) is 0 Å². The minimum absolute atomic E-state index is 0.190. The topological polar surface area (TPSA) is 32.3 Å². The van der Waals surface area contributed by atoms with Gasteiger partial charge in [0.15, 0.2) is 0 Å². The van der Waals surface area contributed by atoms with Crippen LogP contribution in [0, 0.1) is 18.7 Å². The zero-order chi connectivity index (χ0) is 11.3. The molecule has 1 aromatic carbocycles. The average Bonchev–Trinajstić information content (AvgIpc) is 2.21. The maximum absolute atomic E-state index is 12.8. The Kier molecular flexibility index (Phi) is 4.72. The summed E-state index contributed by atoms with van der Waals surface area (Å²) in [6.07, 6.45) is 0. The number of halogens is 1. The van der Waals surface area contributed by atoms with Crippen LogP contribution in [0.2, 0.25) is 0 Å². The summed E-state index contributed by atoms with van der Waals surface area (Å²) in [5.41, 5.74) is 2.06. The van der Waals surface area contributed by atoms with Gasteiger partial charge in [-0.3, -0.25) is 0 Å². The molecule has 0 heterocycles. The first-order valence-corrected chi connectivity index (χ1v) is 5.20. The number of hydrogen-bond donors (Lipinski definition) is 2. The van der Waals surface area contributed by atoms with E-state index in [1.165, 1.54) is 12.1 Å². The molecule has 84 valence electrons. The summed E-state index contributed by atoms with van der Waals surface area (Å²) in [5.74, 6) is 0.0609. The smallest absolute Gasteiger partial charge is 0.123 e. The summed E-state index contributed by atoms with van der Waals surface area (Å²) < 4.78 is 12.8. The van der Waals surface area contributed by atoms with Gasteiger partial charge in [-0.1, -0.05) is 13.0 Å². The minimum atomic E-state index is -0.194. The molecule has 0 aromatic heterocycles. The molecule has 1 aromatic rings. The van der Waals surface area contributed by atoms with Crippen LogP contribution in [0.1, 0.15) is 18.1 Å². The van der Waals surface area contributed by atoms with Gasteiger partial charge in [-0.05, 0) is 36.1 Å². The van der Waals surface area contributed by atoms with E-state index in [-0.39, 0.29) is 18.3 Å². The van der Waals surface area contributed by atoms with Gasteiger partial charge in [-0.15, -0.1) is 0 Å². The van der Waals surface area contributed by atoms with Crippen molar-refractivity contribution in [3.8, 4) is 0 Å². The van der Waals surface area contributed by atoms with E-state index >= 15 is 0 Å². The SMILES string of the molecule is Cc1cc(F)ccc1CNCC(C)CO. The van der Waals surface area contributed by atoms with Crippen LogP contribution in [-0.4, -0.2) is 18.3 Å². The number of aliphatic hydroxyl groups is 1. The van der Waals surface area contributed by atoms with E-state index in [2.05, 4.69) is 5.32 Å². The van der Waals surface area contributed by atoms with Crippen molar-refractivity contribution in [2.24, 2.45) is 5.92 Å². The second kappa shape index (κ2) is 5.83. The van der Waals surface area contributed by atoms with Crippen molar-refractivity contribution in [3.63, 3.8) is 0 Å². The lowest BCUT2D eigenvalue weighted by atomic mass is 10.1. The minimum Gasteiger partial charge on any atom is -0.396 e. The number of nitrogens with one attached hydrogen (secondary N) is 1. The van der Waals surface area contributed by atoms with Gasteiger partial charge >= 0.3 is 0 Å². The molecule has 0 saturated carbocycles. The number of benzene rings is 1. The Hall–Kier alpha value is -0.930. The molecule has 0 aliphatic heterocycles. The van der Waals surface area contributed by atoms with Gasteiger partial charge in [-0.25, -0.2) is 4.39 Å². The second-order valence-electron chi connectivity index (χ2n) is 3.99. The first kappa shape index (κ1) is 12.1. The highest BCUT2D eigenvalue weighted by Gasteiger charge is 2.02. The zero-order valence-corrected chi connectivity index (χ0v) is 9.26. The van der Waals surface area contributed by atoms with Crippen LogP contribution in [0.15, 0.2) is 18.2 Å². The highest BCUT2D eigenvalue weighted by molar-refractivity contribution is 5.26. The summed E-state index contributed by atoms with van der Waals surface area (Å²) in [4.78, 5) is 0. The predicted octanol–water partition coefficient (Wildman–Crippen LogP) is 1.85. The van der Waals surface area contributed by atoms with E-state index in [9.17, 15) is 4.39 Å². The van der Waals surface area contributed by atoms with Gasteiger partial charge in [0.1, 0.15) is 5.82 Å². The number of aryl methyl sites for hydroxylation is 1. The van der Waals surface area contributed by atoms with Gasteiger partial charge in [0.2, 0.25) is 0 Å². The number of rotatable bonds is 5. The fourth-order valence-corrected chi connectivity index (χ4v) is 1.38. The molecule has 1 rings (SSSR count). The molecule has 0 bridgehead atoms. The van der Waals surface area contributed by atoms with Crippen LogP contribution >= 0.6 is 0 Å². The maximum Gasteiger partial charge on any atom is 0.123 e. The van der Waals surface area contributed by atoms with Crippen molar-refractivity contribution in [1.29, 1.82) is 0 Å². The number of aliphatic hydroxyl groups excluding tert-OH is 1. The Morgan fingerprint density at radius 3 is 2.80 bits per heavy atom. The fraction of sp³-hybridized carbons (Fsp3) is 0.500. The predicted molar refractivity (Wildman–Crippen MR) is 59.1 cm³/mol. The van der Waals surface area contributed by atoms with E-state index in [4.69, 9.17) is 5.11 Å². The van der Waals surface area contributed by atoms with E-state index < -0.39 is 0 Å². The van der Waals surface area contributed by atoms with Crippen molar-refractivity contribution in [2.45, 2.75) is 20.4 Å². The average molecular weight is 211 g/mol. The molecule has 1 atom stereocenters. The van der Waals surface area contributed by atoms with Crippen LogP contribution in [0.4, 0.5) is 4.39 Å². The van der Waals surface area contributed by atoms with E-state index in [1.807, 2.05) is 13.8 Å². The van der Waals surface area contributed by atoms with Crippen molar-refractivity contribution >= 4 is 0 Å². The lowest BCUT2D eigenvalue weighted by Gasteiger charge is -2.11. The third-order valence-electron chi connectivity index (χ3n) is 2.42. The van der Waals surface area contributed by atoms with Crippen LogP contribution in [-0.2, 0) is 6.54 Å². The molecule has 3 heteroatoms. The Labute approximate surface area is 90.1 Å². The lowest BCUT2D eigenvalue weighted by Crippen LogP contribution is -2.23. The third kappa shape index (κ3) is 3.98. The number of hydrogen-bond acceptors (Lipinski definition) is 2. The zero-order valence-electron chi connectivity index (χ0n) is 9.26. The Morgan fingerprint density at radius 2 is 2.20 bits per heavy atom. The molecular weight excluding hydrogens is 193 g/mol. The fourth-order valence-electron chi connectivity index (χ4n) is 1.38. The molecule has 0 aliphatic carbocycles. The Balaban J connectivity index is 2.44. The molecule has 0 spiro atoms. The molecule has 2 N–H and O–H groups in total. The highest BCUT2D eigenvalue weighted by atomic mass is 19.1. The van der Waals surface area contributed by atoms with Gasteiger partial charge in [0, 0.05) is 19.7 Å². The molecule has 0 radical (unpaired) electrons. The Bertz CT molecular complexity index is 314. The van der Waals surface area contributed by atoms with Crippen molar-refractivity contribution in [3.05, 3.63) is 35.1 Å². The molecule has 0 amide bonds. The molecule has 2 nitrogen and oxygen atoms in total. The Morgan fingerprint density at radius 1 is 1.47 bits per heavy atom. The van der Waals surface area contributed by atoms with Crippen molar-refractivity contribution < 1.29 is 9.50 Å². The van der Waals surface area contributed by atoms with Gasteiger partial charge in [0.25, 0.3) is 0 Å². The molecular formula is C12H18FNO. The summed E-state index contributed by atoms with van der Waals surface area (Å²) in [5, 5.41) is 12.1. The first-order chi connectivity index (χ1) is 7.13. The van der Waals surface area contributed by atoms with E-state index in [1.54, 1.807) is 6.07 Å². The maximum atomic E-state index is 12.8. The van der Waals surface area contributed by atoms with Crippen molar-refractivity contribution in [1.82, 2.24) is 5.32 Å². The summed E-state index contributed by atoms with van der Waals surface area (Å²) >= 11 is 0. The standard InChI is InChI=1S/C12H18FNO/c1-9(8-15)6-14-7-11-3-4-12(13)5-10(11)2/h3-5,9,14-15H,6-8H2,1-2H3. The first-order valence-electron chi connectivity index (χ1n) is 5.20. The van der Waals surface area contributed by atoms with Crippen molar-refractivity contribution in [2.75, 3.05) is 13.2 Å². The van der Waals surface area contributed by atoms with Crippen LogP contribution in [0.5, 0.6) is 0 Å². The summed E-state index contributed by atoms with van der Waals surface area (Å²) in [6, 6.07) is 4.80. The molecule has 15 heavy (non-hydrogen) atoms. The van der Waals surface area contributed by atoms with Crippen LogP contribution in [0.25, 0.3) is 0 Å². The molecule has 1 unspecified atom stereocenters. The summed E-state index contributed by atoms with van der Waals surface area (Å²) in [7, 11) is 0. The van der Waals surface area contributed by atoms with Gasteiger partial charge in [0.05, 0.1) is 0 Å². The third-order valence-corrected chi connectivity index (χ3v) is 2.42. The quantitative estimate of drug-likeness (QED) is 0.779. The van der Waals surface area contributed by atoms with Crippen LogP contribution < -0.4 is 5.32 Å². The highest BCUT2D eigenvalue weighted by Crippen LogP contribution is 2.09.